The van der Waals surface area contributed by atoms with E-state index in [1.54, 1.807) is 11.8 Å². The third-order valence-electron chi connectivity index (χ3n) is 3.05. The monoisotopic (exact) mass is 260 g/mol. The summed E-state index contributed by atoms with van der Waals surface area (Å²) in [5.74, 6) is 1.04. The molecule has 18 heavy (non-hydrogen) atoms. The van der Waals surface area contributed by atoms with E-state index in [2.05, 4.69) is 38.1 Å². The summed E-state index contributed by atoms with van der Waals surface area (Å²) in [6.45, 7) is 4.29. The molecule has 1 heterocycles. The summed E-state index contributed by atoms with van der Waals surface area (Å²) in [5.41, 5.74) is 8.44. The predicted molar refractivity (Wildman–Crippen MR) is 80.1 cm³/mol. The van der Waals surface area contributed by atoms with Crippen LogP contribution in [0.1, 0.15) is 25.8 Å². The van der Waals surface area contributed by atoms with Gasteiger partial charge in [0.05, 0.1) is 10.5 Å². The van der Waals surface area contributed by atoms with Gasteiger partial charge in [0.15, 0.2) is 0 Å². The summed E-state index contributed by atoms with van der Waals surface area (Å²) >= 11 is 1.80. The summed E-state index contributed by atoms with van der Waals surface area (Å²) in [7, 11) is 0. The Kier molecular flexibility index (Phi) is 4.61. The fourth-order valence-electron chi connectivity index (χ4n) is 1.98. The number of thioether (sulfide) groups is 1. The molecule has 0 aliphatic rings. The Balaban J connectivity index is 2.43. The highest BCUT2D eigenvalue weighted by molar-refractivity contribution is 7.99. The van der Waals surface area contributed by atoms with Crippen molar-refractivity contribution in [2.75, 3.05) is 5.75 Å². The van der Waals surface area contributed by atoms with Crippen molar-refractivity contribution in [2.24, 2.45) is 5.73 Å². The quantitative estimate of drug-likeness (QED) is 0.834. The minimum absolute atomic E-state index is 0.226. The van der Waals surface area contributed by atoms with E-state index in [4.69, 9.17) is 10.7 Å². The molecule has 2 aromatic rings. The summed E-state index contributed by atoms with van der Waals surface area (Å²) in [6, 6.07) is 10.7. The fraction of sp³-hybridized carbons (Fsp3) is 0.400. The number of benzene rings is 1. The van der Waals surface area contributed by atoms with Gasteiger partial charge >= 0.3 is 0 Å². The molecule has 0 amide bonds. The van der Waals surface area contributed by atoms with Crippen molar-refractivity contribution in [1.29, 1.82) is 0 Å². The SMILES string of the molecule is CCSc1nc2ccccc2cc1CC(N)CC. The first-order chi connectivity index (χ1) is 8.74. The van der Waals surface area contributed by atoms with Crippen LogP contribution in [-0.4, -0.2) is 16.8 Å². The van der Waals surface area contributed by atoms with E-state index in [1.165, 1.54) is 10.9 Å². The number of nitrogens with two attached hydrogens (primary N) is 1. The van der Waals surface area contributed by atoms with Gasteiger partial charge < -0.3 is 5.73 Å². The van der Waals surface area contributed by atoms with E-state index < -0.39 is 0 Å². The normalized spacial score (nSPS) is 12.8. The van der Waals surface area contributed by atoms with E-state index in [-0.39, 0.29) is 6.04 Å². The Morgan fingerprint density at radius 3 is 2.78 bits per heavy atom. The number of nitrogens with zero attached hydrogens (tertiary/aromatic N) is 1. The highest BCUT2D eigenvalue weighted by Gasteiger charge is 2.10. The van der Waals surface area contributed by atoms with E-state index in [0.29, 0.717) is 0 Å². The second-order valence-electron chi connectivity index (χ2n) is 4.45. The number of rotatable bonds is 5. The van der Waals surface area contributed by atoms with Gasteiger partial charge in [0.1, 0.15) is 0 Å². The van der Waals surface area contributed by atoms with Gasteiger partial charge in [-0.1, -0.05) is 32.0 Å². The highest BCUT2D eigenvalue weighted by Crippen LogP contribution is 2.25. The molecule has 2 N–H and O–H groups in total. The van der Waals surface area contributed by atoms with Crippen molar-refractivity contribution in [2.45, 2.75) is 37.8 Å². The second kappa shape index (κ2) is 6.21. The molecule has 0 aliphatic carbocycles. The Morgan fingerprint density at radius 1 is 1.28 bits per heavy atom. The standard InChI is InChI=1S/C15H20N2S/c1-3-13(16)10-12-9-11-7-5-6-8-14(11)17-15(12)18-4-2/h5-9,13H,3-4,10,16H2,1-2H3. The Bertz CT molecular complexity index is 525. The first-order valence-electron chi connectivity index (χ1n) is 6.51. The largest absolute Gasteiger partial charge is 0.327 e. The van der Waals surface area contributed by atoms with Crippen LogP contribution in [0.15, 0.2) is 35.4 Å². The summed E-state index contributed by atoms with van der Waals surface area (Å²) in [4.78, 5) is 4.76. The van der Waals surface area contributed by atoms with E-state index in [1.807, 2.05) is 6.07 Å². The molecule has 0 bridgehead atoms. The molecule has 1 atom stereocenters. The van der Waals surface area contributed by atoms with Crippen LogP contribution in [-0.2, 0) is 6.42 Å². The van der Waals surface area contributed by atoms with Crippen LogP contribution in [0.5, 0.6) is 0 Å². The minimum Gasteiger partial charge on any atom is -0.327 e. The molecule has 3 heteroatoms. The maximum absolute atomic E-state index is 6.08. The van der Waals surface area contributed by atoms with Crippen molar-refractivity contribution in [3.63, 3.8) is 0 Å². The van der Waals surface area contributed by atoms with Crippen molar-refractivity contribution < 1.29 is 0 Å². The average Bonchev–Trinajstić information content (AvgIpc) is 2.39. The van der Waals surface area contributed by atoms with E-state index in [0.717, 1.165) is 29.1 Å². The molecular formula is C15H20N2S. The maximum Gasteiger partial charge on any atom is 0.1000 e. The first kappa shape index (κ1) is 13.4. The molecule has 1 aromatic carbocycles. The number of fused-ring (bicyclic) bond motifs is 1. The van der Waals surface area contributed by atoms with Crippen molar-refractivity contribution in [3.05, 3.63) is 35.9 Å². The van der Waals surface area contributed by atoms with E-state index >= 15 is 0 Å². The van der Waals surface area contributed by atoms with Crippen LogP contribution in [0.25, 0.3) is 10.9 Å². The van der Waals surface area contributed by atoms with Crippen LogP contribution >= 0.6 is 11.8 Å². The molecule has 0 fully saturated rings. The van der Waals surface area contributed by atoms with Crippen LogP contribution < -0.4 is 5.73 Å². The molecule has 0 aliphatic heterocycles. The topological polar surface area (TPSA) is 38.9 Å². The molecule has 1 unspecified atom stereocenters. The van der Waals surface area contributed by atoms with Gasteiger partial charge in [-0.05, 0) is 36.3 Å². The second-order valence-corrected chi connectivity index (χ2v) is 5.70. The zero-order chi connectivity index (χ0) is 13.0. The van der Waals surface area contributed by atoms with Gasteiger partial charge in [0, 0.05) is 11.4 Å². The average molecular weight is 260 g/mol. The first-order valence-corrected chi connectivity index (χ1v) is 7.50. The molecule has 0 radical (unpaired) electrons. The third kappa shape index (κ3) is 3.03. The Morgan fingerprint density at radius 2 is 2.06 bits per heavy atom. The van der Waals surface area contributed by atoms with Gasteiger partial charge in [-0.15, -0.1) is 11.8 Å². The summed E-state index contributed by atoms with van der Waals surface area (Å²) < 4.78 is 0. The number of hydrogen-bond acceptors (Lipinski definition) is 3. The predicted octanol–water partition coefficient (Wildman–Crippen LogP) is 3.63. The molecule has 0 saturated heterocycles. The zero-order valence-corrected chi connectivity index (χ0v) is 11.8. The molecule has 2 rings (SSSR count). The summed E-state index contributed by atoms with van der Waals surface area (Å²) in [6.07, 6.45) is 1.92. The lowest BCUT2D eigenvalue weighted by Crippen LogP contribution is -2.21. The van der Waals surface area contributed by atoms with Gasteiger partial charge in [-0.25, -0.2) is 4.98 Å². The molecule has 0 saturated carbocycles. The Hall–Kier alpha value is -1.06. The van der Waals surface area contributed by atoms with Crippen LogP contribution in [0.3, 0.4) is 0 Å². The molecule has 2 nitrogen and oxygen atoms in total. The van der Waals surface area contributed by atoms with Crippen molar-refractivity contribution in [3.8, 4) is 0 Å². The molecule has 0 spiro atoms. The van der Waals surface area contributed by atoms with Gasteiger partial charge in [-0.2, -0.15) is 0 Å². The van der Waals surface area contributed by atoms with Crippen molar-refractivity contribution in [1.82, 2.24) is 4.98 Å². The fourth-order valence-corrected chi connectivity index (χ4v) is 2.74. The number of hydrogen-bond donors (Lipinski definition) is 1. The lowest BCUT2D eigenvalue weighted by molar-refractivity contribution is 0.638. The highest BCUT2D eigenvalue weighted by atomic mass is 32.2. The van der Waals surface area contributed by atoms with Gasteiger partial charge in [0.25, 0.3) is 0 Å². The minimum atomic E-state index is 0.226. The maximum atomic E-state index is 6.08. The third-order valence-corrected chi connectivity index (χ3v) is 3.97. The molecule has 1 aromatic heterocycles. The Labute approximate surface area is 113 Å². The van der Waals surface area contributed by atoms with Gasteiger partial charge in [-0.3, -0.25) is 0 Å². The number of aromatic nitrogens is 1. The number of para-hydroxylation sites is 1. The smallest absolute Gasteiger partial charge is 0.1000 e. The number of pyridine rings is 1. The van der Waals surface area contributed by atoms with E-state index in [9.17, 15) is 0 Å². The van der Waals surface area contributed by atoms with Gasteiger partial charge in [0.2, 0.25) is 0 Å². The molecule has 96 valence electrons. The van der Waals surface area contributed by atoms with Crippen molar-refractivity contribution >= 4 is 22.7 Å². The zero-order valence-electron chi connectivity index (χ0n) is 11.0. The summed E-state index contributed by atoms with van der Waals surface area (Å²) in [5, 5.41) is 2.34. The van der Waals surface area contributed by atoms with Crippen LogP contribution in [0, 0.1) is 0 Å². The van der Waals surface area contributed by atoms with Crippen LogP contribution in [0.4, 0.5) is 0 Å². The lowest BCUT2D eigenvalue weighted by Gasteiger charge is -2.13. The lowest BCUT2D eigenvalue weighted by atomic mass is 10.0. The van der Waals surface area contributed by atoms with Crippen LogP contribution in [0.2, 0.25) is 0 Å². The molecular weight excluding hydrogens is 240 g/mol.